The lowest BCUT2D eigenvalue weighted by atomic mass is 9.84. The van der Waals surface area contributed by atoms with Crippen LogP contribution in [0.25, 0.3) is 0 Å². The molecule has 128 valence electrons. The molecule has 3 aromatic rings. The van der Waals surface area contributed by atoms with Gasteiger partial charge >= 0.3 is 5.97 Å². The van der Waals surface area contributed by atoms with E-state index in [2.05, 4.69) is 4.98 Å². The number of nitrogens with zero attached hydrogens (tertiary/aromatic N) is 1. The lowest BCUT2D eigenvalue weighted by Crippen LogP contribution is -2.22. The van der Waals surface area contributed by atoms with E-state index in [0.717, 1.165) is 5.56 Å². The highest BCUT2D eigenvalue weighted by atomic mass is 16.5. The van der Waals surface area contributed by atoms with Crippen molar-refractivity contribution in [3.05, 3.63) is 89.2 Å². The number of benzene rings is 2. The molecule has 26 heavy (non-hydrogen) atoms. The smallest absolute Gasteiger partial charge is 0.312 e. The summed E-state index contributed by atoms with van der Waals surface area (Å²) >= 11 is 0. The van der Waals surface area contributed by atoms with Crippen LogP contribution in [0.4, 0.5) is 0 Å². The Balaban J connectivity index is 1.85. The summed E-state index contributed by atoms with van der Waals surface area (Å²) in [5.41, 5.74) is 1.96. The Labute approximate surface area is 149 Å². The van der Waals surface area contributed by atoms with Crippen LogP contribution >= 0.6 is 0 Å². The summed E-state index contributed by atoms with van der Waals surface area (Å²) < 4.78 is 5.28. The van der Waals surface area contributed by atoms with Gasteiger partial charge in [-0.3, -0.25) is 14.6 Å². The van der Waals surface area contributed by atoms with Gasteiger partial charge in [-0.15, -0.1) is 0 Å². The summed E-state index contributed by atoms with van der Waals surface area (Å²) in [7, 11) is 0. The van der Waals surface area contributed by atoms with E-state index in [0.29, 0.717) is 11.1 Å². The van der Waals surface area contributed by atoms with Crippen molar-refractivity contribution >= 4 is 11.8 Å². The zero-order valence-electron chi connectivity index (χ0n) is 13.8. The fourth-order valence-corrected chi connectivity index (χ4v) is 3.26. The molecule has 0 bridgehead atoms. The van der Waals surface area contributed by atoms with E-state index in [-0.39, 0.29) is 35.2 Å². The summed E-state index contributed by atoms with van der Waals surface area (Å²) in [5, 5.41) is 10.9. The first-order chi connectivity index (χ1) is 12.6. The maximum absolute atomic E-state index is 12.8. The first kappa shape index (κ1) is 16.0. The second kappa shape index (κ2) is 6.44. The maximum Gasteiger partial charge on any atom is 0.312 e. The molecule has 0 radical (unpaired) electrons. The molecule has 2 aromatic carbocycles. The molecule has 1 aliphatic rings. The van der Waals surface area contributed by atoms with E-state index >= 15 is 0 Å². The Kier molecular flexibility index (Phi) is 3.97. The third-order valence-electron chi connectivity index (χ3n) is 4.51. The number of ether oxygens (including phenoxy) is 1. The topological polar surface area (TPSA) is 76.5 Å². The van der Waals surface area contributed by atoms with Gasteiger partial charge in [0.25, 0.3) is 0 Å². The van der Waals surface area contributed by atoms with Crippen molar-refractivity contribution in [2.75, 3.05) is 0 Å². The number of phenolic OH excluding ortho intramolecular Hbond substituents is 1. The van der Waals surface area contributed by atoms with E-state index in [9.17, 15) is 14.7 Å². The van der Waals surface area contributed by atoms with Crippen molar-refractivity contribution in [3.63, 3.8) is 0 Å². The Morgan fingerprint density at radius 1 is 1.04 bits per heavy atom. The molecule has 1 aliphatic heterocycles. The monoisotopic (exact) mass is 345 g/mol. The molecule has 1 N–H and O–H groups in total. The molecule has 0 spiro atoms. The van der Waals surface area contributed by atoms with Crippen LogP contribution in [0.5, 0.6) is 11.5 Å². The minimum atomic E-state index is -0.391. The minimum absolute atomic E-state index is 0.0908. The minimum Gasteiger partial charge on any atom is -0.507 e. The maximum atomic E-state index is 12.8. The quantitative estimate of drug-likeness (QED) is 0.447. The molecule has 1 aromatic heterocycles. The highest BCUT2D eigenvalue weighted by Gasteiger charge is 2.33. The van der Waals surface area contributed by atoms with Gasteiger partial charge in [0, 0.05) is 29.4 Å². The molecule has 0 unspecified atom stereocenters. The van der Waals surface area contributed by atoms with Crippen molar-refractivity contribution in [2.24, 2.45) is 0 Å². The van der Waals surface area contributed by atoms with Gasteiger partial charge in [0.2, 0.25) is 0 Å². The third kappa shape index (κ3) is 2.73. The SMILES string of the molecule is O=C1C[C@@H](c2ccncc2)c2c(ccc(C(=O)c3ccccc3)c2O)O1. The van der Waals surface area contributed by atoms with E-state index in [1.165, 1.54) is 6.07 Å². The van der Waals surface area contributed by atoms with Crippen molar-refractivity contribution in [1.82, 2.24) is 4.98 Å². The second-order valence-electron chi connectivity index (χ2n) is 6.08. The number of ketones is 1. The average Bonchev–Trinajstić information content (AvgIpc) is 2.68. The first-order valence-electron chi connectivity index (χ1n) is 8.21. The average molecular weight is 345 g/mol. The number of carbonyl (C=O) groups excluding carboxylic acids is 2. The van der Waals surface area contributed by atoms with Gasteiger partial charge in [-0.2, -0.15) is 0 Å². The van der Waals surface area contributed by atoms with Crippen molar-refractivity contribution < 1.29 is 19.4 Å². The highest BCUT2D eigenvalue weighted by Crippen LogP contribution is 2.45. The van der Waals surface area contributed by atoms with Gasteiger partial charge < -0.3 is 9.84 Å². The van der Waals surface area contributed by atoms with Gasteiger partial charge in [-0.25, -0.2) is 0 Å². The first-order valence-corrected chi connectivity index (χ1v) is 8.21. The largest absolute Gasteiger partial charge is 0.507 e. The Bertz CT molecular complexity index is 984. The number of pyridine rings is 1. The lowest BCUT2D eigenvalue weighted by molar-refractivity contribution is -0.135. The number of carbonyl (C=O) groups is 2. The molecule has 0 saturated heterocycles. The molecular formula is C21H15NO4. The van der Waals surface area contributed by atoms with Crippen LogP contribution in [-0.4, -0.2) is 21.8 Å². The molecule has 0 saturated carbocycles. The predicted octanol–water partition coefficient (Wildman–Crippen LogP) is 3.46. The van der Waals surface area contributed by atoms with Crippen molar-refractivity contribution in [1.29, 1.82) is 0 Å². The summed E-state index contributed by atoms with van der Waals surface area (Å²) in [6.45, 7) is 0. The molecule has 2 heterocycles. The van der Waals surface area contributed by atoms with Crippen molar-refractivity contribution in [2.45, 2.75) is 12.3 Å². The van der Waals surface area contributed by atoms with E-state index in [1.54, 1.807) is 54.9 Å². The third-order valence-corrected chi connectivity index (χ3v) is 4.51. The molecule has 1 atom stereocenters. The van der Waals surface area contributed by atoms with E-state index < -0.39 is 5.92 Å². The Morgan fingerprint density at radius 3 is 2.50 bits per heavy atom. The number of esters is 1. The van der Waals surface area contributed by atoms with Crippen LogP contribution in [-0.2, 0) is 4.79 Å². The van der Waals surface area contributed by atoms with Gasteiger partial charge in [0.05, 0.1) is 12.0 Å². The van der Waals surface area contributed by atoms with Gasteiger partial charge in [0.1, 0.15) is 11.5 Å². The van der Waals surface area contributed by atoms with Gasteiger partial charge in [0.15, 0.2) is 5.78 Å². The van der Waals surface area contributed by atoms with E-state index in [4.69, 9.17) is 4.74 Å². The van der Waals surface area contributed by atoms with Gasteiger partial charge in [-0.05, 0) is 29.8 Å². The predicted molar refractivity (Wildman–Crippen MR) is 94.3 cm³/mol. The van der Waals surface area contributed by atoms with E-state index in [1.807, 2.05) is 6.07 Å². The Morgan fingerprint density at radius 2 is 1.77 bits per heavy atom. The number of fused-ring (bicyclic) bond motifs is 1. The van der Waals surface area contributed by atoms with Crippen LogP contribution in [0.15, 0.2) is 67.0 Å². The highest BCUT2D eigenvalue weighted by molar-refractivity contribution is 6.11. The summed E-state index contributed by atoms with van der Waals surface area (Å²) in [4.78, 5) is 28.7. The standard InChI is InChI=1S/C21H15NO4/c23-18-12-16(13-8-10-22-11-9-13)19-17(26-18)7-6-15(21(19)25)20(24)14-4-2-1-3-5-14/h1-11,16,25H,12H2/t16-/m0/s1. The number of hydrogen-bond donors (Lipinski definition) is 1. The second-order valence-corrected chi connectivity index (χ2v) is 6.08. The normalized spacial score (nSPS) is 15.8. The fraction of sp³-hybridized carbons (Fsp3) is 0.0952. The molecule has 5 heteroatoms. The summed E-state index contributed by atoms with van der Waals surface area (Å²) in [6, 6.07) is 15.4. The summed E-state index contributed by atoms with van der Waals surface area (Å²) in [6.07, 6.45) is 3.35. The lowest BCUT2D eigenvalue weighted by Gasteiger charge is -2.26. The molecule has 4 rings (SSSR count). The summed E-state index contributed by atoms with van der Waals surface area (Å²) in [5.74, 6) is -0.911. The van der Waals surface area contributed by atoms with Crippen LogP contribution in [0.3, 0.4) is 0 Å². The van der Waals surface area contributed by atoms with Crippen molar-refractivity contribution in [3.8, 4) is 11.5 Å². The molecule has 0 fully saturated rings. The number of aromatic hydroxyl groups is 1. The van der Waals surface area contributed by atoms with Crippen LogP contribution in [0.1, 0.15) is 39.4 Å². The number of aromatic nitrogens is 1. The molecular weight excluding hydrogens is 330 g/mol. The molecule has 0 aliphatic carbocycles. The molecule has 5 nitrogen and oxygen atoms in total. The zero-order chi connectivity index (χ0) is 18.1. The zero-order valence-corrected chi connectivity index (χ0v) is 13.8. The Hall–Kier alpha value is -3.47. The van der Waals surface area contributed by atoms with Crippen LogP contribution in [0.2, 0.25) is 0 Å². The number of hydrogen-bond acceptors (Lipinski definition) is 5. The van der Waals surface area contributed by atoms with Gasteiger partial charge in [-0.1, -0.05) is 30.3 Å². The number of rotatable bonds is 3. The fourth-order valence-electron chi connectivity index (χ4n) is 3.26. The van der Waals surface area contributed by atoms with Crippen LogP contribution < -0.4 is 4.74 Å². The van der Waals surface area contributed by atoms with Crippen LogP contribution in [0, 0.1) is 0 Å². The number of phenols is 1. The molecule has 0 amide bonds.